The summed E-state index contributed by atoms with van der Waals surface area (Å²) >= 11 is 2.04. The predicted molar refractivity (Wildman–Crippen MR) is 109 cm³/mol. The number of Topliss-reactive ketones (excluding diaryl/α,β-unsaturated/α-hetero) is 1. The number of thioether (sulfide) groups is 1. The molecule has 0 bridgehead atoms. The van der Waals surface area contributed by atoms with Crippen molar-refractivity contribution in [3.8, 4) is 0 Å². The number of rotatable bonds is 12. The van der Waals surface area contributed by atoms with E-state index in [1.807, 2.05) is 32.5 Å². The maximum absolute atomic E-state index is 11.7. The molecule has 0 aromatic rings. The van der Waals surface area contributed by atoms with Crippen molar-refractivity contribution < 1.29 is 9.59 Å². The maximum Gasteiger partial charge on any atom is 0.315 e. The first-order valence-corrected chi connectivity index (χ1v) is 10.4. The molecule has 0 saturated heterocycles. The molecule has 0 unspecified atom stereocenters. The number of carbonyl (C=O) groups excluding carboxylic acids is 2. The highest BCUT2D eigenvalue weighted by atomic mass is 32.2. The van der Waals surface area contributed by atoms with Crippen LogP contribution in [-0.2, 0) is 4.79 Å². The average Bonchev–Trinajstić information content (AvgIpc) is 2.48. The molecule has 0 aliphatic rings. The zero-order valence-corrected chi connectivity index (χ0v) is 17.9. The largest absolute Gasteiger partial charge is 0.337 e. The normalized spacial score (nSPS) is 12.1. The Morgan fingerprint density at radius 1 is 0.800 bits per heavy atom. The molecule has 0 aliphatic carbocycles. The number of hydrogen-bond acceptors (Lipinski definition) is 4. The Bertz CT molecular complexity index is 387. The molecule has 0 radical (unpaired) electrons. The van der Waals surface area contributed by atoms with E-state index in [9.17, 15) is 9.59 Å². The van der Waals surface area contributed by atoms with Crippen LogP contribution in [0.3, 0.4) is 0 Å². The van der Waals surface area contributed by atoms with Gasteiger partial charge in [0.1, 0.15) is 0 Å². The van der Waals surface area contributed by atoms with Gasteiger partial charge in [-0.2, -0.15) is 11.8 Å². The standard InChI is InChI=1S/C19H39N3O2S/c1-18(2,3)16(23)15-22-17(24)21-13-12-20-11-9-7-8-10-14-25-19(4,5)6/h20H,7-15H2,1-6H3,(H2,21,22,24). The molecule has 2 amide bonds. The lowest BCUT2D eigenvalue weighted by molar-refractivity contribution is -0.125. The summed E-state index contributed by atoms with van der Waals surface area (Å²) in [6, 6.07) is -0.282. The van der Waals surface area contributed by atoms with Crippen LogP contribution in [0.4, 0.5) is 4.79 Å². The molecule has 25 heavy (non-hydrogen) atoms. The molecule has 0 saturated carbocycles. The molecule has 0 atom stereocenters. The fourth-order valence-electron chi connectivity index (χ4n) is 1.96. The molecule has 3 N–H and O–H groups in total. The van der Waals surface area contributed by atoms with Crippen molar-refractivity contribution in [1.29, 1.82) is 0 Å². The summed E-state index contributed by atoms with van der Waals surface area (Å²) in [5.74, 6) is 1.27. The molecule has 0 aromatic carbocycles. The minimum absolute atomic E-state index is 0.0293. The maximum atomic E-state index is 11.7. The topological polar surface area (TPSA) is 70.2 Å². The number of ketones is 1. The quantitative estimate of drug-likeness (QED) is 0.457. The Kier molecular flexibility index (Phi) is 12.2. The minimum atomic E-state index is -0.416. The van der Waals surface area contributed by atoms with Gasteiger partial charge in [-0.25, -0.2) is 4.79 Å². The van der Waals surface area contributed by atoms with E-state index >= 15 is 0 Å². The molecule has 0 aliphatic heterocycles. The summed E-state index contributed by atoms with van der Waals surface area (Å²) in [7, 11) is 0. The third kappa shape index (κ3) is 16.5. The zero-order valence-electron chi connectivity index (χ0n) is 17.1. The molecule has 0 aromatic heterocycles. The Labute approximate surface area is 158 Å². The Balaban J connectivity index is 3.38. The van der Waals surface area contributed by atoms with Gasteiger partial charge in [0.05, 0.1) is 6.54 Å². The van der Waals surface area contributed by atoms with Crippen LogP contribution >= 0.6 is 11.8 Å². The second-order valence-electron chi connectivity index (χ2n) is 8.41. The van der Waals surface area contributed by atoms with E-state index in [-0.39, 0.29) is 18.4 Å². The smallest absolute Gasteiger partial charge is 0.315 e. The van der Waals surface area contributed by atoms with Gasteiger partial charge in [0.15, 0.2) is 5.78 Å². The van der Waals surface area contributed by atoms with Crippen LogP contribution in [0.1, 0.15) is 67.2 Å². The van der Waals surface area contributed by atoms with Gasteiger partial charge in [0.25, 0.3) is 0 Å². The highest BCUT2D eigenvalue weighted by molar-refractivity contribution is 8.00. The number of amides is 2. The average molecular weight is 374 g/mol. The van der Waals surface area contributed by atoms with Gasteiger partial charge in [-0.05, 0) is 25.1 Å². The van der Waals surface area contributed by atoms with E-state index in [4.69, 9.17) is 0 Å². The van der Waals surface area contributed by atoms with E-state index in [2.05, 4.69) is 36.7 Å². The molecular weight excluding hydrogens is 334 g/mol. The van der Waals surface area contributed by atoms with Crippen molar-refractivity contribution in [2.24, 2.45) is 5.41 Å². The second kappa shape index (κ2) is 12.6. The first kappa shape index (κ1) is 24.2. The summed E-state index contributed by atoms with van der Waals surface area (Å²) in [5.41, 5.74) is -0.416. The number of carbonyl (C=O) groups is 2. The van der Waals surface area contributed by atoms with Gasteiger partial charge >= 0.3 is 6.03 Å². The van der Waals surface area contributed by atoms with Crippen LogP contribution in [-0.4, -0.2) is 48.5 Å². The molecule has 5 nitrogen and oxygen atoms in total. The lowest BCUT2D eigenvalue weighted by Gasteiger charge is -2.17. The van der Waals surface area contributed by atoms with Crippen molar-refractivity contribution in [2.45, 2.75) is 72.0 Å². The van der Waals surface area contributed by atoms with Crippen LogP contribution in [0.2, 0.25) is 0 Å². The fourth-order valence-corrected chi connectivity index (χ4v) is 2.92. The fraction of sp³-hybridized carbons (Fsp3) is 0.895. The van der Waals surface area contributed by atoms with Gasteiger partial charge in [0.2, 0.25) is 0 Å². The SMILES string of the molecule is CC(C)(C)SCCCCCCNCCNC(=O)NCC(=O)C(C)(C)C. The summed E-state index contributed by atoms with van der Waals surface area (Å²) in [6.07, 6.45) is 5.00. The summed E-state index contributed by atoms with van der Waals surface area (Å²) < 4.78 is 0.376. The molecule has 0 fully saturated rings. The predicted octanol–water partition coefficient (Wildman–Crippen LogP) is 3.58. The van der Waals surface area contributed by atoms with Crippen molar-refractivity contribution in [3.05, 3.63) is 0 Å². The number of hydrogen-bond donors (Lipinski definition) is 3. The molecule has 6 heteroatoms. The highest BCUT2D eigenvalue weighted by Gasteiger charge is 2.21. The third-order valence-electron chi connectivity index (χ3n) is 3.62. The Morgan fingerprint density at radius 3 is 2.04 bits per heavy atom. The van der Waals surface area contributed by atoms with Crippen LogP contribution < -0.4 is 16.0 Å². The van der Waals surface area contributed by atoms with Gasteiger partial charge < -0.3 is 16.0 Å². The second-order valence-corrected chi connectivity index (χ2v) is 10.3. The first-order valence-electron chi connectivity index (χ1n) is 9.42. The van der Waals surface area contributed by atoms with E-state index in [0.29, 0.717) is 11.3 Å². The van der Waals surface area contributed by atoms with Crippen LogP contribution in [0, 0.1) is 5.41 Å². The lowest BCUT2D eigenvalue weighted by atomic mass is 9.91. The van der Waals surface area contributed by atoms with Crippen LogP contribution in [0.15, 0.2) is 0 Å². The van der Waals surface area contributed by atoms with Crippen molar-refractivity contribution in [3.63, 3.8) is 0 Å². The molecule has 0 spiro atoms. The third-order valence-corrected chi connectivity index (χ3v) is 4.98. The van der Waals surface area contributed by atoms with E-state index < -0.39 is 5.41 Å². The summed E-state index contributed by atoms with van der Waals surface area (Å²) in [6.45, 7) is 14.7. The van der Waals surface area contributed by atoms with Crippen LogP contribution in [0.5, 0.6) is 0 Å². The molecular formula is C19H39N3O2S. The van der Waals surface area contributed by atoms with E-state index in [1.54, 1.807) is 0 Å². The lowest BCUT2D eigenvalue weighted by Crippen LogP contribution is -2.43. The summed E-state index contributed by atoms with van der Waals surface area (Å²) in [5, 5.41) is 8.69. The van der Waals surface area contributed by atoms with Gasteiger partial charge in [-0.15, -0.1) is 0 Å². The molecule has 0 rings (SSSR count). The minimum Gasteiger partial charge on any atom is -0.337 e. The van der Waals surface area contributed by atoms with Crippen molar-refractivity contribution in [2.75, 3.05) is 31.9 Å². The van der Waals surface area contributed by atoms with Gasteiger partial charge in [0, 0.05) is 23.3 Å². The number of unbranched alkanes of at least 4 members (excludes halogenated alkanes) is 3. The number of nitrogens with one attached hydrogen (secondary N) is 3. The zero-order chi connectivity index (χ0) is 19.3. The van der Waals surface area contributed by atoms with E-state index in [1.165, 1.54) is 31.4 Å². The van der Waals surface area contributed by atoms with E-state index in [0.717, 1.165) is 13.1 Å². The number of urea groups is 1. The van der Waals surface area contributed by atoms with Crippen molar-refractivity contribution >= 4 is 23.6 Å². The molecule has 0 heterocycles. The van der Waals surface area contributed by atoms with Crippen LogP contribution in [0.25, 0.3) is 0 Å². The first-order chi connectivity index (χ1) is 11.5. The highest BCUT2D eigenvalue weighted by Crippen LogP contribution is 2.24. The monoisotopic (exact) mass is 373 g/mol. The Morgan fingerprint density at radius 2 is 1.44 bits per heavy atom. The summed E-state index contributed by atoms with van der Waals surface area (Å²) in [4.78, 5) is 23.3. The molecule has 148 valence electrons. The van der Waals surface area contributed by atoms with Crippen molar-refractivity contribution in [1.82, 2.24) is 16.0 Å². The van der Waals surface area contributed by atoms with Gasteiger partial charge in [-0.1, -0.05) is 54.4 Å². The Hall–Kier alpha value is -0.750. The van der Waals surface area contributed by atoms with Gasteiger partial charge in [-0.3, -0.25) is 4.79 Å².